The highest BCUT2D eigenvalue weighted by molar-refractivity contribution is 6.17. The van der Waals surface area contributed by atoms with Gasteiger partial charge in [-0.3, -0.25) is 14.9 Å². The minimum Gasteiger partial charge on any atom is -0.409 e. The summed E-state index contributed by atoms with van der Waals surface area (Å²) in [7, 11) is 0. The summed E-state index contributed by atoms with van der Waals surface area (Å²) in [6, 6.07) is 0. The Bertz CT molecular complexity index is 577. The molecule has 22 heavy (non-hydrogen) atoms. The van der Waals surface area contributed by atoms with Crippen LogP contribution in [0.5, 0.6) is 0 Å². The lowest BCUT2D eigenvalue weighted by Gasteiger charge is -2.29. The van der Waals surface area contributed by atoms with Crippen LogP contribution in [0.15, 0.2) is 33.6 Å². The fourth-order valence-corrected chi connectivity index (χ4v) is 2.46. The van der Waals surface area contributed by atoms with Crippen LogP contribution in [-0.4, -0.2) is 28.1 Å². The Balaban J connectivity index is 3.52. The molecule has 0 saturated carbocycles. The molecule has 0 spiro atoms. The number of nitro groups is 1. The number of hydrogen-bond acceptors (Lipinski definition) is 5. The smallest absolute Gasteiger partial charge is 0.288 e. The number of allylic oxidation sites excluding steroid dienone is 2. The van der Waals surface area contributed by atoms with Gasteiger partial charge in [-0.25, -0.2) is 4.99 Å². The predicted octanol–water partition coefficient (Wildman–Crippen LogP) is 2.02. The van der Waals surface area contributed by atoms with Crippen LogP contribution < -0.4 is 5.73 Å². The van der Waals surface area contributed by atoms with E-state index in [1.54, 1.807) is 13.0 Å². The van der Waals surface area contributed by atoms with Crippen molar-refractivity contribution in [1.82, 2.24) is 0 Å². The molecule has 0 aromatic carbocycles. The number of dihydropyridines is 1. The number of carbonyl (C=O) groups excluding carboxylic acids is 1. The van der Waals surface area contributed by atoms with Crippen LogP contribution in [0.3, 0.4) is 0 Å². The molecular formula is C14H20N4O4. The van der Waals surface area contributed by atoms with Crippen molar-refractivity contribution < 1.29 is 14.9 Å². The van der Waals surface area contributed by atoms with E-state index in [4.69, 9.17) is 10.9 Å². The quantitative estimate of drug-likeness (QED) is 0.245. The SMILES string of the molecule is CCCCC=CC1(C(N)=O)C(=NO)N=CC([N+](=O)[O-])=C1CC. The number of amidine groups is 1. The van der Waals surface area contributed by atoms with E-state index < -0.39 is 16.2 Å². The van der Waals surface area contributed by atoms with Gasteiger partial charge in [-0.2, -0.15) is 0 Å². The number of primary amides is 1. The summed E-state index contributed by atoms with van der Waals surface area (Å²) in [4.78, 5) is 26.4. The highest BCUT2D eigenvalue weighted by atomic mass is 16.6. The third-order valence-corrected chi connectivity index (χ3v) is 3.57. The van der Waals surface area contributed by atoms with Gasteiger partial charge in [0.2, 0.25) is 5.91 Å². The maximum Gasteiger partial charge on any atom is 0.288 e. The van der Waals surface area contributed by atoms with Crippen LogP contribution in [0.25, 0.3) is 0 Å². The highest BCUT2D eigenvalue weighted by Gasteiger charge is 2.49. The summed E-state index contributed by atoms with van der Waals surface area (Å²) in [6.07, 6.45) is 6.89. The second kappa shape index (κ2) is 7.48. The number of rotatable bonds is 7. The standard InChI is InChI=1S/C14H20N4O4/c1-3-5-6-7-8-14(12(15)19)10(4-2)11(18(21)22)9-16-13(14)17-20/h7-9,20H,3-6H2,1-2H3,(H2,15,19). The molecule has 0 bridgehead atoms. The van der Waals surface area contributed by atoms with Crippen molar-refractivity contribution in [2.45, 2.75) is 39.5 Å². The van der Waals surface area contributed by atoms with E-state index in [9.17, 15) is 14.9 Å². The molecule has 0 saturated heterocycles. The van der Waals surface area contributed by atoms with Gasteiger partial charge in [0.1, 0.15) is 6.21 Å². The van der Waals surface area contributed by atoms with Gasteiger partial charge < -0.3 is 10.9 Å². The summed E-state index contributed by atoms with van der Waals surface area (Å²) in [6.45, 7) is 3.69. The molecule has 8 nitrogen and oxygen atoms in total. The number of amides is 1. The minimum atomic E-state index is -1.69. The van der Waals surface area contributed by atoms with Crippen LogP contribution in [0.4, 0.5) is 0 Å². The van der Waals surface area contributed by atoms with Crippen LogP contribution in [-0.2, 0) is 4.79 Å². The summed E-state index contributed by atoms with van der Waals surface area (Å²) in [5.41, 5.74) is 3.68. The lowest BCUT2D eigenvalue weighted by molar-refractivity contribution is -0.416. The van der Waals surface area contributed by atoms with Gasteiger partial charge in [0.05, 0.1) is 4.92 Å². The molecule has 1 heterocycles. The molecule has 1 unspecified atom stereocenters. The molecule has 120 valence electrons. The fourth-order valence-electron chi connectivity index (χ4n) is 2.46. The molecule has 0 aromatic rings. The summed E-state index contributed by atoms with van der Waals surface area (Å²) < 4.78 is 0. The Labute approximate surface area is 128 Å². The number of carbonyl (C=O) groups is 1. The van der Waals surface area contributed by atoms with Crippen molar-refractivity contribution in [2.24, 2.45) is 21.3 Å². The van der Waals surface area contributed by atoms with Crippen molar-refractivity contribution >= 4 is 18.0 Å². The third-order valence-electron chi connectivity index (χ3n) is 3.57. The molecule has 1 aliphatic rings. The molecule has 0 aliphatic carbocycles. The monoisotopic (exact) mass is 308 g/mol. The Morgan fingerprint density at radius 2 is 2.27 bits per heavy atom. The zero-order chi connectivity index (χ0) is 16.8. The van der Waals surface area contributed by atoms with Gasteiger partial charge in [0, 0.05) is 5.57 Å². The van der Waals surface area contributed by atoms with E-state index in [-0.39, 0.29) is 23.5 Å². The maximum absolute atomic E-state index is 12.1. The van der Waals surface area contributed by atoms with Crippen molar-refractivity contribution in [3.63, 3.8) is 0 Å². The van der Waals surface area contributed by atoms with Gasteiger partial charge in [0.15, 0.2) is 11.3 Å². The third kappa shape index (κ3) is 3.05. The first-order valence-corrected chi connectivity index (χ1v) is 7.07. The molecule has 1 amide bonds. The first kappa shape index (κ1) is 17.5. The number of unbranched alkanes of at least 4 members (excludes halogenated alkanes) is 2. The molecule has 1 rings (SSSR count). The molecular weight excluding hydrogens is 288 g/mol. The molecule has 8 heteroatoms. The lowest BCUT2D eigenvalue weighted by Crippen LogP contribution is -2.46. The zero-order valence-corrected chi connectivity index (χ0v) is 12.7. The van der Waals surface area contributed by atoms with Crippen LogP contribution >= 0.6 is 0 Å². The minimum absolute atomic E-state index is 0.167. The van der Waals surface area contributed by atoms with Crippen molar-refractivity contribution in [2.75, 3.05) is 0 Å². The van der Waals surface area contributed by atoms with E-state index in [0.717, 1.165) is 19.1 Å². The van der Waals surface area contributed by atoms with Crippen LogP contribution in [0.2, 0.25) is 0 Å². The van der Waals surface area contributed by atoms with E-state index in [1.165, 1.54) is 6.08 Å². The number of nitrogens with two attached hydrogens (primary N) is 1. The molecule has 0 fully saturated rings. The van der Waals surface area contributed by atoms with Gasteiger partial charge in [0.25, 0.3) is 5.70 Å². The van der Waals surface area contributed by atoms with E-state index in [0.29, 0.717) is 6.42 Å². The average Bonchev–Trinajstić information content (AvgIpc) is 2.49. The molecule has 0 aromatic heterocycles. The van der Waals surface area contributed by atoms with Crippen molar-refractivity contribution in [3.8, 4) is 0 Å². The normalized spacial score (nSPS) is 23.5. The molecule has 3 N–H and O–H groups in total. The molecule has 1 aliphatic heterocycles. The summed E-state index contributed by atoms with van der Waals surface area (Å²) in [5.74, 6) is -1.11. The van der Waals surface area contributed by atoms with E-state index in [2.05, 4.69) is 10.1 Å². The van der Waals surface area contributed by atoms with Gasteiger partial charge >= 0.3 is 0 Å². The van der Waals surface area contributed by atoms with Gasteiger partial charge in [-0.05, 0) is 12.8 Å². The van der Waals surface area contributed by atoms with E-state index in [1.807, 2.05) is 6.92 Å². The number of hydrogen-bond donors (Lipinski definition) is 2. The molecule has 1 atom stereocenters. The molecule has 0 radical (unpaired) electrons. The number of nitrogens with zero attached hydrogens (tertiary/aromatic N) is 3. The highest BCUT2D eigenvalue weighted by Crippen LogP contribution is 2.38. The van der Waals surface area contributed by atoms with Crippen molar-refractivity contribution in [3.05, 3.63) is 33.5 Å². The van der Waals surface area contributed by atoms with Gasteiger partial charge in [-0.15, -0.1) is 0 Å². The second-order valence-electron chi connectivity index (χ2n) is 4.87. The maximum atomic E-state index is 12.1. The Morgan fingerprint density at radius 3 is 2.73 bits per heavy atom. The topological polar surface area (TPSA) is 131 Å². The first-order chi connectivity index (χ1) is 10.4. The second-order valence-corrected chi connectivity index (χ2v) is 4.87. The Kier molecular flexibility index (Phi) is 5.97. The van der Waals surface area contributed by atoms with Gasteiger partial charge in [-0.1, -0.05) is 44.0 Å². The first-order valence-electron chi connectivity index (χ1n) is 7.07. The summed E-state index contributed by atoms with van der Waals surface area (Å²) >= 11 is 0. The predicted molar refractivity (Wildman–Crippen MR) is 82.3 cm³/mol. The lowest BCUT2D eigenvalue weighted by atomic mass is 9.74. The fraction of sp³-hybridized carbons (Fsp3) is 0.500. The Morgan fingerprint density at radius 1 is 1.59 bits per heavy atom. The van der Waals surface area contributed by atoms with Crippen LogP contribution in [0, 0.1) is 15.5 Å². The number of aliphatic imine (C=N–C) groups is 1. The zero-order valence-electron chi connectivity index (χ0n) is 12.7. The van der Waals surface area contributed by atoms with Crippen LogP contribution in [0.1, 0.15) is 39.5 Å². The summed E-state index contributed by atoms with van der Waals surface area (Å²) in [5, 5.41) is 23.4. The Hall–Kier alpha value is -2.51. The van der Waals surface area contributed by atoms with E-state index >= 15 is 0 Å². The van der Waals surface area contributed by atoms with Crippen molar-refractivity contribution in [1.29, 1.82) is 0 Å². The number of oxime groups is 1. The largest absolute Gasteiger partial charge is 0.409 e. The average molecular weight is 308 g/mol.